The van der Waals surface area contributed by atoms with E-state index in [0.717, 1.165) is 6.07 Å². The zero-order valence-corrected chi connectivity index (χ0v) is 14.2. The maximum Gasteiger partial charge on any atom is 0.335 e. The Bertz CT molecular complexity index is 882. The maximum absolute atomic E-state index is 12.4. The van der Waals surface area contributed by atoms with Crippen molar-refractivity contribution in [3.8, 4) is 5.75 Å². The van der Waals surface area contributed by atoms with Crippen LogP contribution in [-0.2, 0) is 9.59 Å². The average Bonchev–Trinajstić information content (AvgIpc) is 2.99. The van der Waals surface area contributed by atoms with E-state index in [1.54, 1.807) is 24.3 Å². The summed E-state index contributed by atoms with van der Waals surface area (Å²) in [6.45, 7) is 0.209. The molecule has 7 nitrogen and oxygen atoms in total. The Morgan fingerprint density at radius 1 is 1.15 bits per heavy atom. The molecule has 0 aromatic heterocycles. The van der Waals surface area contributed by atoms with Crippen molar-refractivity contribution in [3.63, 3.8) is 0 Å². The highest BCUT2D eigenvalue weighted by atomic mass is 35.5. The number of nitrogens with one attached hydrogen (secondary N) is 1. The number of amides is 2. The SMILES string of the molecule is O=C(O)c1ccc(NC(=O)C2CC(=O)N(c3ccc(Cl)cc3)C2)c(O)c1. The summed E-state index contributed by atoms with van der Waals surface area (Å²) in [5, 5.41) is 21.8. The second-order valence-electron chi connectivity index (χ2n) is 5.91. The molecular formula is C18H15ClN2O5. The number of hydrogen-bond acceptors (Lipinski definition) is 4. The number of nitrogens with zero attached hydrogens (tertiary/aromatic N) is 1. The third-order valence-corrected chi connectivity index (χ3v) is 4.39. The number of benzene rings is 2. The van der Waals surface area contributed by atoms with E-state index in [1.807, 2.05) is 0 Å². The summed E-state index contributed by atoms with van der Waals surface area (Å²) in [5.41, 5.74) is 0.659. The standard InChI is InChI=1S/C18H15ClN2O5/c19-12-2-4-13(5-3-12)21-9-11(8-16(21)23)17(24)20-14-6-1-10(18(25)26)7-15(14)22/h1-7,11,22H,8-9H2,(H,20,24)(H,25,26). The molecule has 1 saturated heterocycles. The summed E-state index contributed by atoms with van der Waals surface area (Å²) in [4.78, 5) is 37.0. The van der Waals surface area contributed by atoms with E-state index in [0.29, 0.717) is 10.7 Å². The Kier molecular flexibility index (Phi) is 4.81. The molecule has 1 aliphatic rings. The minimum Gasteiger partial charge on any atom is -0.506 e. The van der Waals surface area contributed by atoms with Gasteiger partial charge in [-0.15, -0.1) is 0 Å². The summed E-state index contributed by atoms with van der Waals surface area (Å²) in [6.07, 6.45) is 0.0441. The minimum absolute atomic E-state index is 0.0441. The first-order valence-corrected chi connectivity index (χ1v) is 8.16. The number of halogens is 1. The lowest BCUT2D eigenvalue weighted by molar-refractivity contribution is -0.122. The number of carbonyl (C=O) groups excluding carboxylic acids is 2. The number of phenolic OH excluding ortho intramolecular Hbond substituents is 1. The van der Waals surface area contributed by atoms with Crippen LogP contribution in [0.25, 0.3) is 0 Å². The van der Waals surface area contributed by atoms with E-state index in [2.05, 4.69) is 5.32 Å². The Labute approximate surface area is 153 Å². The molecule has 1 fully saturated rings. The molecule has 2 aromatic rings. The molecule has 0 aliphatic carbocycles. The zero-order chi connectivity index (χ0) is 18.8. The number of carbonyl (C=O) groups is 3. The number of rotatable bonds is 4. The number of aromatic hydroxyl groups is 1. The fourth-order valence-corrected chi connectivity index (χ4v) is 2.88. The Morgan fingerprint density at radius 2 is 1.85 bits per heavy atom. The van der Waals surface area contributed by atoms with Gasteiger partial charge in [0.1, 0.15) is 5.75 Å². The molecular weight excluding hydrogens is 360 g/mol. The van der Waals surface area contributed by atoms with Crippen LogP contribution >= 0.6 is 11.6 Å². The Hall–Kier alpha value is -3.06. The predicted octanol–water partition coefficient (Wildman–Crippen LogP) is 2.74. The molecule has 0 bridgehead atoms. The van der Waals surface area contributed by atoms with Crippen LogP contribution in [0.1, 0.15) is 16.8 Å². The molecule has 2 aromatic carbocycles. The summed E-state index contributed by atoms with van der Waals surface area (Å²) in [6, 6.07) is 10.4. The number of phenols is 1. The fraction of sp³-hybridized carbons (Fsp3) is 0.167. The smallest absolute Gasteiger partial charge is 0.335 e. The largest absolute Gasteiger partial charge is 0.506 e. The molecule has 1 atom stereocenters. The van der Waals surface area contributed by atoms with Crippen molar-refractivity contribution < 1.29 is 24.6 Å². The molecule has 2 amide bonds. The van der Waals surface area contributed by atoms with Gasteiger partial charge in [-0.2, -0.15) is 0 Å². The maximum atomic E-state index is 12.4. The lowest BCUT2D eigenvalue weighted by Gasteiger charge is -2.17. The molecule has 0 spiro atoms. The Balaban J connectivity index is 1.70. The lowest BCUT2D eigenvalue weighted by Crippen LogP contribution is -2.28. The minimum atomic E-state index is -1.18. The molecule has 0 radical (unpaired) electrons. The molecule has 8 heteroatoms. The van der Waals surface area contributed by atoms with Gasteiger partial charge in [0.05, 0.1) is 17.2 Å². The molecule has 1 aliphatic heterocycles. The second-order valence-corrected chi connectivity index (χ2v) is 6.34. The van der Waals surface area contributed by atoms with E-state index in [-0.39, 0.29) is 35.9 Å². The van der Waals surface area contributed by atoms with Gasteiger partial charge in [-0.3, -0.25) is 9.59 Å². The topological polar surface area (TPSA) is 107 Å². The molecule has 1 heterocycles. The average molecular weight is 375 g/mol. The summed E-state index contributed by atoms with van der Waals surface area (Å²) in [7, 11) is 0. The van der Waals surface area contributed by atoms with Crippen molar-refractivity contribution in [3.05, 3.63) is 53.1 Å². The van der Waals surface area contributed by atoms with E-state index in [1.165, 1.54) is 17.0 Å². The summed E-state index contributed by atoms with van der Waals surface area (Å²) < 4.78 is 0. The molecule has 3 N–H and O–H groups in total. The van der Waals surface area contributed by atoms with Crippen LogP contribution in [-0.4, -0.2) is 34.5 Å². The first-order valence-electron chi connectivity index (χ1n) is 7.78. The fourth-order valence-electron chi connectivity index (χ4n) is 2.76. The molecule has 3 rings (SSSR count). The van der Waals surface area contributed by atoms with Crippen LogP contribution in [0.15, 0.2) is 42.5 Å². The van der Waals surface area contributed by atoms with Crippen molar-refractivity contribution in [1.29, 1.82) is 0 Å². The van der Waals surface area contributed by atoms with E-state index in [4.69, 9.17) is 16.7 Å². The van der Waals surface area contributed by atoms with E-state index in [9.17, 15) is 19.5 Å². The lowest BCUT2D eigenvalue weighted by atomic mass is 10.1. The first-order chi connectivity index (χ1) is 12.3. The van der Waals surface area contributed by atoms with Crippen molar-refractivity contribution in [2.45, 2.75) is 6.42 Å². The highest BCUT2D eigenvalue weighted by molar-refractivity contribution is 6.30. The summed E-state index contributed by atoms with van der Waals surface area (Å²) >= 11 is 5.84. The highest BCUT2D eigenvalue weighted by Gasteiger charge is 2.35. The third-order valence-electron chi connectivity index (χ3n) is 4.14. The van der Waals surface area contributed by atoms with Crippen LogP contribution in [0.2, 0.25) is 5.02 Å². The molecule has 0 saturated carbocycles. The number of carboxylic acid groups (broad SMARTS) is 1. The van der Waals surface area contributed by atoms with Gasteiger partial charge in [0.15, 0.2) is 0 Å². The van der Waals surface area contributed by atoms with Crippen LogP contribution in [0, 0.1) is 5.92 Å². The normalized spacial score (nSPS) is 16.6. The van der Waals surface area contributed by atoms with Crippen LogP contribution in [0.5, 0.6) is 5.75 Å². The van der Waals surface area contributed by atoms with Crippen molar-refractivity contribution in [2.24, 2.45) is 5.92 Å². The number of aromatic carboxylic acids is 1. The number of anilines is 2. The first kappa shape index (κ1) is 17.8. The van der Waals surface area contributed by atoms with Gasteiger partial charge < -0.3 is 20.4 Å². The monoisotopic (exact) mass is 374 g/mol. The Morgan fingerprint density at radius 3 is 2.46 bits per heavy atom. The van der Waals surface area contributed by atoms with Gasteiger partial charge in [-0.25, -0.2) is 4.79 Å². The second kappa shape index (κ2) is 7.05. The third kappa shape index (κ3) is 3.62. The molecule has 134 valence electrons. The van der Waals surface area contributed by atoms with E-state index >= 15 is 0 Å². The van der Waals surface area contributed by atoms with Crippen LogP contribution in [0.3, 0.4) is 0 Å². The molecule has 26 heavy (non-hydrogen) atoms. The van der Waals surface area contributed by atoms with Crippen LogP contribution < -0.4 is 10.2 Å². The van der Waals surface area contributed by atoms with Crippen molar-refractivity contribution >= 4 is 40.8 Å². The molecule has 1 unspecified atom stereocenters. The highest BCUT2D eigenvalue weighted by Crippen LogP contribution is 2.29. The van der Waals surface area contributed by atoms with Gasteiger partial charge in [-0.05, 0) is 42.5 Å². The van der Waals surface area contributed by atoms with Crippen molar-refractivity contribution in [2.75, 3.05) is 16.8 Å². The quantitative estimate of drug-likeness (QED) is 0.713. The summed E-state index contributed by atoms with van der Waals surface area (Å²) in [5.74, 6) is -2.72. The van der Waals surface area contributed by atoms with Gasteiger partial charge >= 0.3 is 5.97 Å². The zero-order valence-electron chi connectivity index (χ0n) is 13.5. The number of carboxylic acids is 1. The van der Waals surface area contributed by atoms with Crippen molar-refractivity contribution in [1.82, 2.24) is 0 Å². The van der Waals surface area contributed by atoms with E-state index < -0.39 is 17.8 Å². The van der Waals surface area contributed by atoms with Gasteiger partial charge in [-0.1, -0.05) is 11.6 Å². The van der Waals surface area contributed by atoms with Crippen LogP contribution in [0.4, 0.5) is 11.4 Å². The number of hydrogen-bond donors (Lipinski definition) is 3. The van der Waals surface area contributed by atoms with Gasteiger partial charge in [0.25, 0.3) is 0 Å². The predicted molar refractivity (Wildman–Crippen MR) is 95.6 cm³/mol. The van der Waals surface area contributed by atoms with Gasteiger partial charge in [0.2, 0.25) is 11.8 Å². The van der Waals surface area contributed by atoms with Gasteiger partial charge in [0, 0.05) is 23.7 Å².